The molecule has 38 heavy (non-hydrogen) atoms. The lowest BCUT2D eigenvalue weighted by Gasteiger charge is -2.12. The number of fused-ring (bicyclic) bond motifs is 1. The van der Waals surface area contributed by atoms with E-state index in [4.69, 9.17) is 0 Å². The van der Waals surface area contributed by atoms with Crippen LogP contribution in [-0.2, 0) is 32.1 Å². The Balaban J connectivity index is 1.41. The molecule has 0 saturated heterocycles. The Morgan fingerprint density at radius 1 is 0.658 bits per heavy atom. The molecule has 4 rings (SSSR count). The van der Waals surface area contributed by atoms with Crippen molar-refractivity contribution in [1.29, 1.82) is 0 Å². The second kappa shape index (κ2) is 11.8. The second-order valence-corrected chi connectivity index (χ2v) is 9.17. The van der Waals surface area contributed by atoms with Gasteiger partial charge in [-0.05, 0) is 83.9 Å². The molecule has 0 aliphatic rings. The zero-order valence-corrected chi connectivity index (χ0v) is 20.6. The van der Waals surface area contributed by atoms with Crippen LogP contribution in [-0.4, -0.2) is 6.36 Å². The summed E-state index contributed by atoms with van der Waals surface area (Å²) < 4.78 is 83.6. The third-order valence-electron chi connectivity index (χ3n) is 6.42. The molecule has 0 aliphatic carbocycles. The Morgan fingerprint density at radius 3 is 1.87 bits per heavy atom. The highest BCUT2D eigenvalue weighted by molar-refractivity contribution is 5.84. The van der Waals surface area contributed by atoms with E-state index in [2.05, 4.69) is 35.6 Å². The van der Waals surface area contributed by atoms with Crippen LogP contribution in [0.25, 0.3) is 10.8 Å². The van der Waals surface area contributed by atoms with E-state index in [0.717, 1.165) is 48.8 Å². The van der Waals surface area contributed by atoms with Gasteiger partial charge in [-0.1, -0.05) is 60.7 Å². The van der Waals surface area contributed by atoms with Gasteiger partial charge in [0.2, 0.25) is 5.75 Å². The maximum atomic E-state index is 15.2. The van der Waals surface area contributed by atoms with Gasteiger partial charge in [0.05, 0.1) is 0 Å². The Kier molecular flexibility index (Phi) is 8.45. The van der Waals surface area contributed by atoms with Crippen molar-refractivity contribution in [1.82, 2.24) is 0 Å². The van der Waals surface area contributed by atoms with Gasteiger partial charge in [-0.3, -0.25) is 0 Å². The van der Waals surface area contributed by atoms with E-state index in [-0.39, 0.29) is 18.4 Å². The first-order valence-electron chi connectivity index (χ1n) is 12.3. The summed E-state index contributed by atoms with van der Waals surface area (Å²) in [6.07, 6.45) is 0.412. The molecule has 0 bridgehead atoms. The van der Waals surface area contributed by atoms with Crippen molar-refractivity contribution < 1.29 is 31.1 Å². The van der Waals surface area contributed by atoms with Crippen LogP contribution in [0.4, 0.5) is 26.3 Å². The third-order valence-corrected chi connectivity index (χ3v) is 6.42. The normalized spacial score (nSPS) is 11.6. The Bertz CT molecular complexity index is 1400. The summed E-state index contributed by atoms with van der Waals surface area (Å²) >= 11 is 0. The van der Waals surface area contributed by atoms with Crippen LogP contribution in [0.2, 0.25) is 0 Å². The fourth-order valence-corrected chi connectivity index (χ4v) is 4.41. The molecule has 0 atom stereocenters. The largest absolute Gasteiger partial charge is 0.573 e. The first kappa shape index (κ1) is 27.3. The fourth-order valence-electron chi connectivity index (χ4n) is 4.41. The minimum Gasteiger partial charge on any atom is -0.399 e. The van der Waals surface area contributed by atoms with E-state index < -0.39 is 29.6 Å². The summed E-state index contributed by atoms with van der Waals surface area (Å²) in [6, 6.07) is 19.0. The lowest BCUT2D eigenvalue weighted by Crippen LogP contribution is -2.19. The summed E-state index contributed by atoms with van der Waals surface area (Å²) in [7, 11) is 0. The molecule has 0 fully saturated rings. The molecular weight excluding hydrogens is 502 g/mol. The number of hydrogen-bond donors (Lipinski definition) is 0. The molecule has 0 radical (unpaired) electrons. The first-order valence-corrected chi connectivity index (χ1v) is 12.3. The van der Waals surface area contributed by atoms with Crippen LogP contribution in [0.1, 0.15) is 34.2 Å². The molecule has 0 amide bonds. The van der Waals surface area contributed by atoms with Crippen molar-refractivity contribution >= 4 is 10.8 Å². The number of aryl methyl sites for hydroxylation is 5. The van der Waals surface area contributed by atoms with Gasteiger partial charge in [-0.2, -0.15) is 0 Å². The number of allylic oxidation sites excluding steroid dienone is 1. The third kappa shape index (κ3) is 6.97. The van der Waals surface area contributed by atoms with Crippen molar-refractivity contribution in [2.45, 2.75) is 44.9 Å². The molecule has 0 aliphatic heterocycles. The number of benzene rings is 4. The summed E-state index contributed by atoms with van der Waals surface area (Å²) in [4.78, 5) is 0. The Hall–Kier alpha value is -3.74. The second-order valence-electron chi connectivity index (χ2n) is 9.17. The predicted octanol–water partition coefficient (Wildman–Crippen LogP) is 8.84. The zero-order valence-electron chi connectivity index (χ0n) is 20.6. The number of hydrogen-bond acceptors (Lipinski definition) is 1. The highest BCUT2D eigenvalue weighted by atomic mass is 19.4. The van der Waals surface area contributed by atoms with Crippen molar-refractivity contribution in [2.75, 3.05) is 0 Å². The summed E-state index contributed by atoms with van der Waals surface area (Å²) in [6.45, 7) is 3.75. The smallest absolute Gasteiger partial charge is 0.399 e. The van der Waals surface area contributed by atoms with Crippen molar-refractivity contribution in [2.24, 2.45) is 0 Å². The van der Waals surface area contributed by atoms with Gasteiger partial charge < -0.3 is 4.74 Å². The molecule has 7 heteroatoms. The lowest BCUT2D eigenvalue weighted by atomic mass is 9.97. The number of rotatable bonds is 10. The van der Waals surface area contributed by atoms with E-state index in [1.807, 2.05) is 18.2 Å². The summed E-state index contributed by atoms with van der Waals surface area (Å²) in [5, 5.41) is 1.18. The molecule has 0 heterocycles. The Labute approximate surface area is 217 Å². The highest BCUT2D eigenvalue weighted by Gasteiger charge is 2.34. The number of alkyl halides is 3. The average Bonchev–Trinajstić information content (AvgIpc) is 2.88. The van der Waals surface area contributed by atoms with Crippen molar-refractivity contribution in [3.8, 4) is 5.75 Å². The Morgan fingerprint density at radius 2 is 1.24 bits per heavy atom. The molecule has 4 aromatic rings. The van der Waals surface area contributed by atoms with Gasteiger partial charge in [0, 0.05) is 5.39 Å². The van der Waals surface area contributed by atoms with Gasteiger partial charge in [0.25, 0.3) is 0 Å². The van der Waals surface area contributed by atoms with Crippen molar-refractivity contribution in [3.05, 3.63) is 125 Å². The maximum Gasteiger partial charge on any atom is 0.573 e. The maximum absolute atomic E-state index is 15.2. The van der Waals surface area contributed by atoms with Gasteiger partial charge in [0.1, 0.15) is 5.82 Å². The summed E-state index contributed by atoms with van der Waals surface area (Å²) in [5.41, 5.74) is 4.01. The molecule has 0 spiro atoms. The SMILES string of the molecule is C=CCCc1ccc(CCc2ccc3c(F)c(CCc4cc(F)c(OC(F)(F)F)c(F)c4)ccc3c2)cc1. The van der Waals surface area contributed by atoms with Crippen LogP contribution in [0.5, 0.6) is 5.75 Å². The number of ether oxygens (including phenoxy) is 1. The minimum absolute atomic E-state index is 0.0347. The van der Waals surface area contributed by atoms with Crippen LogP contribution < -0.4 is 4.74 Å². The minimum atomic E-state index is -5.21. The van der Waals surface area contributed by atoms with Crippen LogP contribution in [0, 0.1) is 17.5 Å². The van der Waals surface area contributed by atoms with Gasteiger partial charge in [0.15, 0.2) is 11.6 Å². The van der Waals surface area contributed by atoms with E-state index >= 15 is 4.39 Å². The molecular formula is C31H26F6O. The van der Waals surface area contributed by atoms with Crippen molar-refractivity contribution in [3.63, 3.8) is 0 Å². The van der Waals surface area contributed by atoms with Crippen LogP contribution >= 0.6 is 0 Å². The van der Waals surface area contributed by atoms with Gasteiger partial charge in [-0.25, -0.2) is 13.2 Å². The standard InChI is InChI=1S/C31H26F6O/c1-2-3-4-20-5-7-21(8-6-20)9-10-22-12-16-26-25(17-22)15-14-24(29(26)34)13-11-23-18-27(32)30(28(33)19-23)38-31(35,36)37/h2,5-8,12,14-19H,1,3-4,9-11,13H2. The monoisotopic (exact) mass is 528 g/mol. The zero-order chi connectivity index (χ0) is 27.3. The van der Waals surface area contributed by atoms with E-state index in [0.29, 0.717) is 10.9 Å². The van der Waals surface area contributed by atoms with Gasteiger partial charge >= 0.3 is 6.36 Å². The van der Waals surface area contributed by atoms with Crippen LogP contribution in [0.3, 0.4) is 0 Å². The predicted molar refractivity (Wildman–Crippen MR) is 137 cm³/mol. The van der Waals surface area contributed by atoms with Crippen LogP contribution in [0.15, 0.2) is 79.4 Å². The van der Waals surface area contributed by atoms with Gasteiger partial charge in [-0.15, -0.1) is 19.8 Å². The average molecular weight is 529 g/mol. The first-order chi connectivity index (χ1) is 18.1. The van der Waals surface area contributed by atoms with E-state index in [9.17, 15) is 22.0 Å². The summed E-state index contributed by atoms with van der Waals surface area (Å²) in [5.74, 6) is -4.86. The molecule has 0 saturated carbocycles. The van der Waals surface area contributed by atoms with E-state index in [1.165, 1.54) is 11.1 Å². The molecule has 0 aromatic heterocycles. The molecule has 4 aromatic carbocycles. The highest BCUT2D eigenvalue weighted by Crippen LogP contribution is 2.30. The molecule has 0 N–H and O–H groups in total. The molecule has 1 nitrogen and oxygen atoms in total. The fraction of sp³-hybridized carbons (Fsp3) is 0.226. The molecule has 0 unspecified atom stereocenters. The quantitative estimate of drug-likeness (QED) is 0.148. The molecule has 198 valence electrons. The topological polar surface area (TPSA) is 9.23 Å². The van der Waals surface area contributed by atoms with E-state index in [1.54, 1.807) is 18.2 Å². The lowest BCUT2D eigenvalue weighted by molar-refractivity contribution is -0.276. The number of halogens is 6.